The number of hydrogen-bond acceptors (Lipinski definition) is 6. The van der Waals surface area contributed by atoms with Gasteiger partial charge in [0.25, 0.3) is 5.69 Å². The summed E-state index contributed by atoms with van der Waals surface area (Å²) in [6, 6.07) is 9.94. The van der Waals surface area contributed by atoms with Gasteiger partial charge >= 0.3 is 0 Å². The molecule has 1 aliphatic heterocycles. The lowest BCUT2D eigenvalue weighted by Crippen LogP contribution is -2.48. The molecule has 0 saturated carbocycles. The molecule has 0 spiro atoms. The monoisotopic (exact) mass is 375 g/mol. The number of halogens is 1. The van der Waals surface area contributed by atoms with Crippen molar-refractivity contribution in [3.05, 3.63) is 57.9 Å². The minimum absolute atomic E-state index is 0.0816. The van der Waals surface area contributed by atoms with E-state index in [0.29, 0.717) is 5.69 Å². The Hall–Kier alpha value is -2.71. The van der Waals surface area contributed by atoms with Crippen LogP contribution in [0.2, 0.25) is 5.15 Å². The predicted molar refractivity (Wildman–Crippen MR) is 99.6 cm³/mol. The standard InChI is InChI=1S/C17H18ClN5O3/c18-17-15(2-1-7-19-17)20-16(24)12-21-8-10-22(11-9-21)13-3-5-14(6-4-13)23(25)26/h1-7H,8-12H2,(H,20,24). The average Bonchev–Trinajstić information content (AvgIpc) is 2.64. The molecule has 0 bridgehead atoms. The van der Waals surface area contributed by atoms with E-state index in [1.807, 2.05) is 0 Å². The normalized spacial score (nSPS) is 14.9. The lowest BCUT2D eigenvalue weighted by molar-refractivity contribution is -0.384. The zero-order valence-electron chi connectivity index (χ0n) is 14.0. The van der Waals surface area contributed by atoms with E-state index in [1.165, 1.54) is 12.1 Å². The largest absolute Gasteiger partial charge is 0.369 e. The molecule has 1 aromatic heterocycles. The lowest BCUT2D eigenvalue weighted by atomic mass is 10.2. The van der Waals surface area contributed by atoms with Crippen LogP contribution in [-0.2, 0) is 4.79 Å². The van der Waals surface area contributed by atoms with Crippen LogP contribution in [0, 0.1) is 10.1 Å². The molecule has 1 N–H and O–H groups in total. The highest BCUT2D eigenvalue weighted by Gasteiger charge is 2.20. The summed E-state index contributed by atoms with van der Waals surface area (Å²) >= 11 is 5.94. The summed E-state index contributed by atoms with van der Waals surface area (Å²) in [5.41, 5.74) is 1.53. The molecular weight excluding hydrogens is 358 g/mol. The Balaban J connectivity index is 1.49. The summed E-state index contributed by atoms with van der Waals surface area (Å²) in [5.74, 6) is -0.135. The van der Waals surface area contributed by atoms with Crippen molar-refractivity contribution in [1.82, 2.24) is 9.88 Å². The summed E-state index contributed by atoms with van der Waals surface area (Å²) in [6.45, 7) is 3.23. The molecule has 1 aliphatic rings. The van der Waals surface area contributed by atoms with Gasteiger partial charge in [-0.15, -0.1) is 0 Å². The van der Waals surface area contributed by atoms with Crippen LogP contribution in [0.5, 0.6) is 0 Å². The third kappa shape index (κ3) is 4.47. The number of benzene rings is 1. The van der Waals surface area contributed by atoms with E-state index < -0.39 is 4.92 Å². The number of nitrogens with one attached hydrogen (secondary N) is 1. The van der Waals surface area contributed by atoms with Gasteiger partial charge in [-0.25, -0.2) is 4.98 Å². The van der Waals surface area contributed by atoms with Gasteiger partial charge in [-0.2, -0.15) is 0 Å². The van der Waals surface area contributed by atoms with Gasteiger partial charge in [0, 0.05) is 50.2 Å². The van der Waals surface area contributed by atoms with Crippen molar-refractivity contribution in [1.29, 1.82) is 0 Å². The average molecular weight is 376 g/mol. The molecule has 0 radical (unpaired) electrons. The first-order chi connectivity index (χ1) is 12.5. The number of nitro groups is 1. The van der Waals surface area contributed by atoms with Crippen molar-refractivity contribution in [2.45, 2.75) is 0 Å². The van der Waals surface area contributed by atoms with Gasteiger partial charge < -0.3 is 10.2 Å². The van der Waals surface area contributed by atoms with Crippen molar-refractivity contribution >= 4 is 34.6 Å². The van der Waals surface area contributed by atoms with Crippen LogP contribution in [0.3, 0.4) is 0 Å². The number of aromatic nitrogens is 1. The van der Waals surface area contributed by atoms with Crippen LogP contribution in [0.1, 0.15) is 0 Å². The number of anilines is 2. The molecule has 1 saturated heterocycles. The van der Waals surface area contributed by atoms with E-state index in [9.17, 15) is 14.9 Å². The Kier molecular flexibility index (Phi) is 5.65. The second kappa shape index (κ2) is 8.11. The maximum Gasteiger partial charge on any atom is 0.269 e. The smallest absolute Gasteiger partial charge is 0.269 e. The fourth-order valence-corrected chi connectivity index (χ4v) is 2.99. The Bertz CT molecular complexity index is 791. The van der Waals surface area contributed by atoms with Gasteiger partial charge in [-0.1, -0.05) is 11.6 Å². The molecular formula is C17H18ClN5O3. The Morgan fingerprint density at radius 1 is 1.19 bits per heavy atom. The number of carbonyl (C=O) groups is 1. The van der Waals surface area contributed by atoms with E-state index in [2.05, 4.69) is 20.1 Å². The molecule has 0 unspecified atom stereocenters. The topological polar surface area (TPSA) is 91.6 Å². The Morgan fingerprint density at radius 3 is 2.50 bits per heavy atom. The summed E-state index contributed by atoms with van der Waals surface area (Å²) < 4.78 is 0. The fourth-order valence-electron chi connectivity index (χ4n) is 2.82. The molecule has 2 aromatic rings. The summed E-state index contributed by atoms with van der Waals surface area (Å²) in [5, 5.41) is 13.8. The maximum atomic E-state index is 12.2. The Labute approximate surface area is 155 Å². The van der Waals surface area contributed by atoms with Crippen LogP contribution in [0.15, 0.2) is 42.6 Å². The third-order valence-electron chi connectivity index (χ3n) is 4.20. The fraction of sp³-hybridized carbons (Fsp3) is 0.294. The molecule has 3 rings (SSSR count). The van der Waals surface area contributed by atoms with Crippen LogP contribution in [0.4, 0.5) is 17.1 Å². The van der Waals surface area contributed by atoms with Crippen LogP contribution < -0.4 is 10.2 Å². The number of rotatable bonds is 5. The molecule has 1 aromatic carbocycles. The number of pyridine rings is 1. The summed E-state index contributed by atoms with van der Waals surface area (Å²) in [6.07, 6.45) is 1.56. The molecule has 1 amide bonds. The molecule has 26 heavy (non-hydrogen) atoms. The minimum Gasteiger partial charge on any atom is -0.369 e. The number of hydrogen-bond donors (Lipinski definition) is 1. The SMILES string of the molecule is O=C(CN1CCN(c2ccc([N+](=O)[O-])cc2)CC1)Nc1cccnc1Cl. The highest BCUT2D eigenvalue weighted by molar-refractivity contribution is 6.32. The highest BCUT2D eigenvalue weighted by atomic mass is 35.5. The van der Waals surface area contributed by atoms with Gasteiger partial charge in [-0.05, 0) is 24.3 Å². The second-order valence-electron chi connectivity index (χ2n) is 5.93. The number of non-ortho nitro benzene ring substituents is 1. The summed E-state index contributed by atoms with van der Waals surface area (Å²) in [4.78, 5) is 30.6. The number of carbonyl (C=O) groups excluding carboxylic acids is 1. The number of amides is 1. The zero-order valence-corrected chi connectivity index (χ0v) is 14.7. The van der Waals surface area contributed by atoms with Crippen molar-refractivity contribution < 1.29 is 9.72 Å². The molecule has 0 atom stereocenters. The molecule has 2 heterocycles. The predicted octanol–water partition coefficient (Wildman–Crippen LogP) is 2.40. The second-order valence-corrected chi connectivity index (χ2v) is 6.28. The first-order valence-electron chi connectivity index (χ1n) is 8.15. The van der Waals surface area contributed by atoms with Crippen molar-refractivity contribution in [3.63, 3.8) is 0 Å². The molecule has 136 valence electrons. The quantitative estimate of drug-likeness (QED) is 0.490. The highest BCUT2D eigenvalue weighted by Crippen LogP contribution is 2.21. The zero-order chi connectivity index (χ0) is 18.5. The van der Waals surface area contributed by atoms with Crippen LogP contribution >= 0.6 is 11.6 Å². The number of nitro benzene ring substituents is 1. The Morgan fingerprint density at radius 2 is 1.88 bits per heavy atom. The van der Waals surface area contributed by atoms with Crippen molar-refractivity contribution in [2.75, 3.05) is 42.9 Å². The number of piperazine rings is 1. The first kappa shape index (κ1) is 18.1. The van der Waals surface area contributed by atoms with Gasteiger partial charge in [-0.3, -0.25) is 19.8 Å². The van der Waals surface area contributed by atoms with Crippen molar-refractivity contribution in [3.8, 4) is 0 Å². The van der Waals surface area contributed by atoms with Gasteiger partial charge in [0.2, 0.25) is 5.91 Å². The molecule has 9 heteroatoms. The van der Waals surface area contributed by atoms with Gasteiger partial charge in [0.05, 0.1) is 17.2 Å². The van der Waals surface area contributed by atoms with E-state index in [4.69, 9.17) is 11.6 Å². The van der Waals surface area contributed by atoms with E-state index >= 15 is 0 Å². The number of nitrogens with zero attached hydrogens (tertiary/aromatic N) is 4. The lowest BCUT2D eigenvalue weighted by Gasteiger charge is -2.35. The molecule has 8 nitrogen and oxygen atoms in total. The first-order valence-corrected chi connectivity index (χ1v) is 8.53. The molecule has 1 fully saturated rings. The van der Waals surface area contributed by atoms with E-state index in [0.717, 1.165) is 31.9 Å². The maximum absolute atomic E-state index is 12.2. The van der Waals surface area contributed by atoms with E-state index in [1.54, 1.807) is 30.5 Å². The summed E-state index contributed by atoms with van der Waals surface area (Å²) in [7, 11) is 0. The molecule has 0 aliphatic carbocycles. The van der Waals surface area contributed by atoms with Crippen LogP contribution in [0.25, 0.3) is 0 Å². The van der Waals surface area contributed by atoms with Gasteiger partial charge in [0.1, 0.15) is 0 Å². The minimum atomic E-state index is -0.408. The third-order valence-corrected chi connectivity index (χ3v) is 4.50. The van der Waals surface area contributed by atoms with Gasteiger partial charge in [0.15, 0.2) is 5.15 Å². The van der Waals surface area contributed by atoms with Crippen molar-refractivity contribution in [2.24, 2.45) is 0 Å². The van der Waals surface area contributed by atoms with E-state index in [-0.39, 0.29) is 23.3 Å². The van der Waals surface area contributed by atoms with Crippen LogP contribution in [-0.4, -0.2) is 53.4 Å².